The minimum Gasteiger partial charge on any atom is -0.278 e. The summed E-state index contributed by atoms with van der Waals surface area (Å²) in [6.07, 6.45) is -16.4. The van der Waals surface area contributed by atoms with Gasteiger partial charge in [0.25, 0.3) is 0 Å². The Kier molecular flexibility index (Phi) is 3.88. The van der Waals surface area contributed by atoms with E-state index in [0.29, 0.717) is 0 Å². The van der Waals surface area contributed by atoms with E-state index in [9.17, 15) is 39.5 Å². The van der Waals surface area contributed by atoms with Crippen LogP contribution in [0.1, 0.15) is 0 Å². The monoisotopic (exact) mass is 250 g/mol. The lowest BCUT2D eigenvalue weighted by molar-refractivity contribution is -0.439. The Hall–Kier alpha value is -0.670. The summed E-state index contributed by atoms with van der Waals surface area (Å²) in [4.78, 5) is 0. The zero-order valence-electron chi connectivity index (χ0n) is 6.59. The van der Waals surface area contributed by atoms with Crippen molar-refractivity contribution in [2.75, 3.05) is 6.67 Å². The van der Waals surface area contributed by atoms with Crippen LogP contribution >= 0.6 is 0 Å². The molecule has 0 aliphatic carbocycles. The van der Waals surface area contributed by atoms with Crippen LogP contribution < -0.4 is 0 Å². The largest absolute Gasteiger partial charge is 0.462 e. The van der Waals surface area contributed by atoms with Crippen molar-refractivity contribution in [3.63, 3.8) is 0 Å². The van der Waals surface area contributed by atoms with Gasteiger partial charge in [-0.15, -0.1) is 0 Å². The highest BCUT2D eigenvalue weighted by atomic mass is 19.4. The van der Waals surface area contributed by atoms with Crippen LogP contribution in [0.5, 0.6) is 0 Å². The average Bonchev–Trinajstić information content (AvgIpc) is 2.00. The second-order valence-electron chi connectivity index (χ2n) is 2.27. The number of ether oxygens (including phenoxy) is 1. The van der Waals surface area contributed by atoms with Crippen molar-refractivity contribution in [3.05, 3.63) is 0 Å². The quantitative estimate of drug-likeness (QED) is 0.697. The van der Waals surface area contributed by atoms with Crippen LogP contribution in [-0.2, 0) is 4.74 Å². The van der Waals surface area contributed by atoms with Crippen LogP contribution in [0, 0.1) is 0 Å². The number of alkyl halides is 9. The lowest BCUT2D eigenvalue weighted by atomic mass is 10.3. The average molecular weight is 250 g/mol. The van der Waals surface area contributed by atoms with Crippen molar-refractivity contribution in [3.8, 4) is 0 Å². The molecule has 10 heteroatoms. The van der Waals surface area contributed by atoms with E-state index in [0.717, 1.165) is 0 Å². The highest BCUT2D eigenvalue weighted by molar-refractivity contribution is 4.85. The molecular weight excluding hydrogens is 247 g/mol. The molecule has 0 aliphatic heterocycles. The summed E-state index contributed by atoms with van der Waals surface area (Å²) in [5.74, 6) is -6.60. The molecule has 0 aliphatic rings. The van der Waals surface area contributed by atoms with E-state index < -0.39 is 31.2 Å². The Labute approximate surface area is 76.8 Å². The molecule has 0 amide bonds. The molecular formula is C5H3F9O. The standard InChI is InChI=1S/C5H3F9O/c6-1-2(7)15-5(13,14)3(8,9)4(10,11)12/h2H,1H2. The lowest BCUT2D eigenvalue weighted by Crippen LogP contribution is -2.54. The molecule has 0 fully saturated rings. The fraction of sp³-hybridized carbons (Fsp3) is 1.00. The molecule has 0 heterocycles. The van der Waals surface area contributed by atoms with Crippen molar-refractivity contribution >= 4 is 0 Å². The predicted octanol–water partition coefficient (Wildman–Crippen LogP) is 3.06. The first-order chi connectivity index (χ1) is 6.45. The maximum Gasteiger partial charge on any atom is 0.462 e. The van der Waals surface area contributed by atoms with E-state index in [1.807, 2.05) is 0 Å². The second kappa shape index (κ2) is 4.06. The fourth-order valence-corrected chi connectivity index (χ4v) is 0.431. The lowest BCUT2D eigenvalue weighted by Gasteiger charge is -2.27. The SMILES string of the molecule is FCC(F)OC(F)(F)C(F)(F)C(F)(F)F. The molecule has 1 atom stereocenters. The van der Waals surface area contributed by atoms with Crippen LogP contribution in [0.3, 0.4) is 0 Å². The number of hydrogen-bond acceptors (Lipinski definition) is 1. The van der Waals surface area contributed by atoms with Gasteiger partial charge in [-0.25, -0.2) is 8.78 Å². The van der Waals surface area contributed by atoms with Crippen LogP contribution in [0.15, 0.2) is 0 Å². The van der Waals surface area contributed by atoms with Gasteiger partial charge in [0.15, 0.2) is 0 Å². The van der Waals surface area contributed by atoms with Crippen LogP contribution in [0.4, 0.5) is 39.5 Å². The number of rotatable bonds is 4. The van der Waals surface area contributed by atoms with Crippen LogP contribution in [-0.4, -0.2) is 31.2 Å². The molecule has 0 radical (unpaired) electrons. The first kappa shape index (κ1) is 14.3. The van der Waals surface area contributed by atoms with Crippen molar-refractivity contribution in [2.24, 2.45) is 0 Å². The minimum atomic E-state index is -6.63. The maximum atomic E-state index is 12.0. The van der Waals surface area contributed by atoms with E-state index in [2.05, 4.69) is 4.74 Å². The van der Waals surface area contributed by atoms with E-state index >= 15 is 0 Å². The second-order valence-corrected chi connectivity index (χ2v) is 2.27. The molecule has 0 saturated carbocycles. The maximum absolute atomic E-state index is 12.0. The Bertz CT molecular complexity index is 209. The van der Waals surface area contributed by atoms with Crippen LogP contribution in [0.2, 0.25) is 0 Å². The fourth-order valence-electron chi connectivity index (χ4n) is 0.431. The molecule has 1 unspecified atom stereocenters. The summed E-state index contributed by atoms with van der Waals surface area (Å²) >= 11 is 0. The van der Waals surface area contributed by atoms with Gasteiger partial charge in [0.2, 0.25) is 6.36 Å². The third-order valence-corrected chi connectivity index (χ3v) is 1.12. The predicted molar refractivity (Wildman–Crippen MR) is 27.9 cm³/mol. The molecule has 0 rings (SSSR count). The summed E-state index contributed by atoms with van der Waals surface area (Å²) in [6, 6.07) is 0. The van der Waals surface area contributed by atoms with Gasteiger partial charge < -0.3 is 0 Å². The van der Waals surface area contributed by atoms with E-state index in [4.69, 9.17) is 0 Å². The van der Waals surface area contributed by atoms with Gasteiger partial charge in [-0.3, -0.25) is 4.74 Å². The Balaban J connectivity index is 4.85. The van der Waals surface area contributed by atoms with Crippen LogP contribution in [0.25, 0.3) is 0 Å². The highest BCUT2D eigenvalue weighted by Gasteiger charge is 2.75. The smallest absolute Gasteiger partial charge is 0.278 e. The summed E-state index contributed by atoms with van der Waals surface area (Å²) in [6.45, 7) is -2.27. The molecule has 92 valence electrons. The summed E-state index contributed by atoms with van der Waals surface area (Å²) in [5, 5.41) is 0. The third-order valence-electron chi connectivity index (χ3n) is 1.12. The molecule has 0 aromatic carbocycles. The normalized spacial score (nSPS) is 16.6. The molecule has 1 nitrogen and oxygen atoms in total. The van der Waals surface area contributed by atoms with Gasteiger partial charge in [0, 0.05) is 0 Å². The zero-order chi connectivity index (χ0) is 12.5. The van der Waals surface area contributed by atoms with Crippen molar-refractivity contribution in [1.82, 2.24) is 0 Å². The van der Waals surface area contributed by atoms with Crippen molar-refractivity contribution in [1.29, 1.82) is 0 Å². The molecule has 0 saturated heterocycles. The van der Waals surface area contributed by atoms with Gasteiger partial charge in [0.05, 0.1) is 0 Å². The Morgan fingerprint density at radius 2 is 1.33 bits per heavy atom. The molecule has 0 aromatic heterocycles. The zero-order valence-corrected chi connectivity index (χ0v) is 6.59. The Morgan fingerprint density at radius 1 is 0.933 bits per heavy atom. The molecule has 0 aromatic rings. The topological polar surface area (TPSA) is 9.23 Å². The van der Waals surface area contributed by atoms with E-state index in [1.165, 1.54) is 0 Å². The molecule has 0 N–H and O–H groups in total. The van der Waals surface area contributed by atoms with Gasteiger partial charge in [-0.2, -0.15) is 30.7 Å². The van der Waals surface area contributed by atoms with Gasteiger partial charge in [-0.05, 0) is 0 Å². The molecule has 0 spiro atoms. The van der Waals surface area contributed by atoms with Crippen molar-refractivity contribution in [2.45, 2.75) is 24.6 Å². The van der Waals surface area contributed by atoms with E-state index in [1.54, 1.807) is 0 Å². The summed E-state index contributed by atoms with van der Waals surface area (Å²) in [7, 11) is 0. The number of hydrogen-bond donors (Lipinski definition) is 0. The van der Waals surface area contributed by atoms with Gasteiger partial charge >= 0.3 is 18.2 Å². The van der Waals surface area contributed by atoms with Gasteiger partial charge in [-0.1, -0.05) is 0 Å². The first-order valence-electron chi connectivity index (χ1n) is 3.16. The summed E-state index contributed by atoms with van der Waals surface area (Å²) < 4.78 is 107. The Morgan fingerprint density at radius 3 is 1.60 bits per heavy atom. The molecule has 15 heavy (non-hydrogen) atoms. The van der Waals surface area contributed by atoms with E-state index in [-0.39, 0.29) is 0 Å². The highest BCUT2D eigenvalue weighted by Crippen LogP contribution is 2.47. The number of halogens is 9. The third kappa shape index (κ3) is 2.89. The minimum absolute atomic E-state index is 2.27. The summed E-state index contributed by atoms with van der Waals surface area (Å²) in [5.41, 5.74) is 0. The van der Waals surface area contributed by atoms with Crippen molar-refractivity contribution < 1.29 is 44.3 Å². The molecule has 0 bridgehead atoms. The van der Waals surface area contributed by atoms with Gasteiger partial charge in [0.1, 0.15) is 6.67 Å². The first-order valence-corrected chi connectivity index (χ1v) is 3.16.